The molecule has 0 aliphatic carbocycles. The lowest BCUT2D eigenvalue weighted by Gasteiger charge is -2.07. The van der Waals surface area contributed by atoms with E-state index in [0.717, 1.165) is 23.2 Å². The fourth-order valence-electron chi connectivity index (χ4n) is 1.74. The monoisotopic (exact) mass is 231 g/mol. The van der Waals surface area contributed by atoms with Crippen molar-refractivity contribution in [3.63, 3.8) is 0 Å². The molecule has 16 heavy (non-hydrogen) atoms. The molecule has 2 heteroatoms. The maximum absolute atomic E-state index is 5.98. The van der Waals surface area contributed by atoms with Gasteiger partial charge in [-0.3, -0.25) is 0 Å². The molecule has 0 unspecified atom stereocenters. The molecule has 0 amide bonds. The molecule has 0 atom stereocenters. The van der Waals surface area contributed by atoms with Crippen LogP contribution in [0.25, 0.3) is 11.1 Å². The van der Waals surface area contributed by atoms with Crippen LogP contribution in [-0.2, 0) is 6.42 Å². The molecule has 2 aromatic rings. The van der Waals surface area contributed by atoms with Gasteiger partial charge in [0.2, 0.25) is 0 Å². The molecule has 0 bridgehead atoms. The van der Waals surface area contributed by atoms with Gasteiger partial charge in [-0.05, 0) is 35.7 Å². The second kappa shape index (κ2) is 4.58. The van der Waals surface area contributed by atoms with Crippen molar-refractivity contribution >= 4 is 17.3 Å². The predicted octanol–water partition coefficient (Wildman–Crippen LogP) is 4.15. The fourth-order valence-corrected chi connectivity index (χ4v) is 1.91. The largest absolute Gasteiger partial charge is 0.398 e. The van der Waals surface area contributed by atoms with Gasteiger partial charge in [-0.2, -0.15) is 0 Å². The summed E-state index contributed by atoms with van der Waals surface area (Å²) in [6.45, 7) is 2.14. The van der Waals surface area contributed by atoms with Crippen LogP contribution >= 0.6 is 11.6 Å². The summed E-state index contributed by atoms with van der Waals surface area (Å²) in [4.78, 5) is 0. The molecular weight excluding hydrogens is 218 g/mol. The van der Waals surface area contributed by atoms with Crippen LogP contribution in [0.3, 0.4) is 0 Å². The molecule has 0 aromatic heterocycles. The topological polar surface area (TPSA) is 26.0 Å². The first-order valence-corrected chi connectivity index (χ1v) is 5.73. The smallest absolute Gasteiger partial charge is 0.0413 e. The fraction of sp³-hybridized carbons (Fsp3) is 0.143. The number of halogens is 1. The Kier molecular flexibility index (Phi) is 3.16. The number of aryl methyl sites for hydroxylation is 1. The van der Waals surface area contributed by atoms with E-state index in [-0.39, 0.29) is 0 Å². The van der Waals surface area contributed by atoms with Gasteiger partial charge in [0.15, 0.2) is 0 Å². The highest BCUT2D eigenvalue weighted by molar-refractivity contribution is 6.31. The Labute approximate surface area is 101 Å². The van der Waals surface area contributed by atoms with Crippen LogP contribution in [0.4, 0.5) is 5.69 Å². The standard InChI is InChI=1S/C14H14ClN/c1-2-10-4-3-5-11(8-10)13-9-12(15)6-7-14(13)16/h3-9H,2,16H2,1H3. The van der Waals surface area contributed by atoms with E-state index >= 15 is 0 Å². The molecule has 2 rings (SSSR count). The number of hydrogen-bond acceptors (Lipinski definition) is 1. The molecule has 0 saturated carbocycles. The van der Waals surface area contributed by atoms with Gasteiger partial charge in [-0.1, -0.05) is 42.8 Å². The Bertz CT molecular complexity index is 506. The van der Waals surface area contributed by atoms with Gasteiger partial charge in [-0.15, -0.1) is 0 Å². The highest BCUT2D eigenvalue weighted by Gasteiger charge is 2.03. The highest BCUT2D eigenvalue weighted by atomic mass is 35.5. The molecule has 0 saturated heterocycles. The molecule has 1 nitrogen and oxygen atoms in total. The van der Waals surface area contributed by atoms with E-state index in [1.165, 1.54) is 5.56 Å². The maximum Gasteiger partial charge on any atom is 0.0413 e. The first-order chi connectivity index (χ1) is 7.70. The maximum atomic E-state index is 5.98. The summed E-state index contributed by atoms with van der Waals surface area (Å²) in [5.74, 6) is 0. The van der Waals surface area contributed by atoms with Crippen LogP contribution in [0.5, 0.6) is 0 Å². The average molecular weight is 232 g/mol. The summed E-state index contributed by atoms with van der Waals surface area (Å²) in [7, 11) is 0. The molecule has 2 aromatic carbocycles. The lowest BCUT2D eigenvalue weighted by molar-refractivity contribution is 1.14. The van der Waals surface area contributed by atoms with E-state index in [1.807, 2.05) is 18.2 Å². The summed E-state index contributed by atoms with van der Waals surface area (Å²) in [6, 6.07) is 13.9. The first kappa shape index (κ1) is 11.0. The molecular formula is C14H14ClN. The van der Waals surface area contributed by atoms with Gasteiger partial charge in [0, 0.05) is 16.3 Å². The summed E-state index contributed by atoms with van der Waals surface area (Å²) in [5.41, 5.74) is 10.1. The van der Waals surface area contributed by atoms with Gasteiger partial charge in [-0.25, -0.2) is 0 Å². The molecule has 82 valence electrons. The second-order valence-corrected chi connectivity index (χ2v) is 4.22. The third-order valence-corrected chi connectivity index (χ3v) is 2.90. The average Bonchev–Trinajstić information content (AvgIpc) is 2.32. The molecule has 0 heterocycles. The van der Waals surface area contributed by atoms with E-state index in [4.69, 9.17) is 17.3 Å². The van der Waals surface area contributed by atoms with Gasteiger partial charge in [0.05, 0.1) is 0 Å². The minimum absolute atomic E-state index is 0.714. The van der Waals surface area contributed by atoms with Crippen molar-refractivity contribution in [2.24, 2.45) is 0 Å². The number of rotatable bonds is 2. The molecule has 0 radical (unpaired) electrons. The predicted molar refractivity (Wildman–Crippen MR) is 70.7 cm³/mol. The zero-order valence-electron chi connectivity index (χ0n) is 9.20. The van der Waals surface area contributed by atoms with Crippen LogP contribution in [0.1, 0.15) is 12.5 Å². The molecule has 0 spiro atoms. The number of anilines is 1. The van der Waals surface area contributed by atoms with Crippen molar-refractivity contribution in [2.75, 3.05) is 5.73 Å². The lowest BCUT2D eigenvalue weighted by Crippen LogP contribution is -1.90. The number of benzene rings is 2. The van der Waals surface area contributed by atoms with Crippen molar-refractivity contribution in [1.29, 1.82) is 0 Å². The van der Waals surface area contributed by atoms with E-state index in [1.54, 1.807) is 0 Å². The van der Waals surface area contributed by atoms with Crippen molar-refractivity contribution in [3.8, 4) is 11.1 Å². The highest BCUT2D eigenvalue weighted by Crippen LogP contribution is 2.29. The van der Waals surface area contributed by atoms with Gasteiger partial charge >= 0.3 is 0 Å². The SMILES string of the molecule is CCc1cccc(-c2cc(Cl)ccc2N)c1. The second-order valence-electron chi connectivity index (χ2n) is 3.79. The summed E-state index contributed by atoms with van der Waals surface area (Å²) >= 11 is 5.98. The summed E-state index contributed by atoms with van der Waals surface area (Å²) in [6.07, 6.45) is 1.02. The van der Waals surface area contributed by atoms with Crippen molar-refractivity contribution in [2.45, 2.75) is 13.3 Å². The van der Waals surface area contributed by atoms with Crippen molar-refractivity contribution in [3.05, 3.63) is 53.1 Å². The minimum Gasteiger partial charge on any atom is -0.398 e. The van der Waals surface area contributed by atoms with Crippen LogP contribution in [0.15, 0.2) is 42.5 Å². The number of nitrogens with two attached hydrogens (primary N) is 1. The zero-order valence-corrected chi connectivity index (χ0v) is 9.96. The van der Waals surface area contributed by atoms with E-state index < -0.39 is 0 Å². The molecule has 0 aliphatic heterocycles. The Balaban J connectivity index is 2.53. The Morgan fingerprint density at radius 2 is 1.94 bits per heavy atom. The Hall–Kier alpha value is -1.47. The van der Waals surface area contributed by atoms with Crippen molar-refractivity contribution in [1.82, 2.24) is 0 Å². The normalized spacial score (nSPS) is 10.4. The van der Waals surface area contributed by atoms with E-state index in [9.17, 15) is 0 Å². The third-order valence-electron chi connectivity index (χ3n) is 2.66. The van der Waals surface area contributed by atoms with E-state index in [0.29, 0.717) is 5.02 Å². The summed E-state index contributed by atoms with van der Waals surface area (Å²) < 4.78 is 0. The Morgan fingerprint density at radius 3 is 2.69 bits per heavy atom. The first-order valence-electron chi connectivity index (χ1n) is 5.35. The van der Waals surface area contributed by atoms with E-state index in [2.05, 4.69) is 31.2 Å². The zero-order chi connectivity index (χ0) is 11.5. The number of hydrogen-bond donors (Lipinski definition) is 1. The van der Waals surface area contributed by atoms with Crippen molar-refractivity contribution < 1.29 is 0 Å². The third kappa shape index (κ3) is 2.20. The van der Waals surface area contributed by atoms with Gasteiger partial charge in [0.1, 0.15) is 0 Å². The van der Waals surface area contributed by atoms with Gasteiger partial charge in [0.25, 0.3) is 0 Å². The lowest BCUT2D eigenvalue weighted by atomic mass is 10.0. The molecule has 2 N–H and O–H groups in total. The quantitative estimate of drug-likeness (QED) is 0.772. The van der Waals surface area contributed by atoms with Crippen LogP contribution < -0.4 is 5.73 Å². The van der Waals surface area contributed by atoms with Crippen LogP contribution in [0.2, 0.25) is 5.02 Å². The van der Waals surface area contributed by atoms with Crippen LogP contribution in [-0.4, -0.2) is 0 Å². The Morgan fingerprint density at radius 1 is 1.12 bits per heavy atom. The summed E-state index contributed by atoms with van der Waals surface area (Å²) in [5, 5.41) is 0.714. The minimum atomic E-state index is 0.714. The van der Waals surface area contributed by atoms with Crippen LogP contribution in [0, 0.1) is 0 Å². The van der Waals surface area contributed by atoms with Gasteiger partial charge < -0.3 is 5.73 Å². The molecule has 0 fully saturated rings. The number of nitrogen functional groups attached to an aromatic ring is 1. The molecule has 0 aliphatic rings.